The van der Waals surface area contributed by atoms with E-state index in [4.69, 9.17) is 23.2 Å². The molecule has 0 bridgehead atoms. The molecule has 2 amide bonds. The number of nitrogens with one attached hydrogen (secondary N) is 1. The summed E-state index contributed by atoms with van der Waals surface area (Å²) in [6.07, 6.45) is 4.66. The number of benzene rings is 3. The first-order chi connectivity index (χ1) is 18.0. The molecule has 1 fully saturated rings. The van der Waals surface area contributed by atoms with Crippen LogP contribution < -0.4 is 5.32 Å². The fourth-order valence-electron chi connectivity index (χ4n) is 4.70. The Balaban J connectivity index is 1.57. The number of halogens is 2. The van der Waals surface area contributed by atoms with E-state index in [2.05, 4.69) is 5.32 Å². The fraction of sp³-hybridized carbons (Fsp3) is 0.333. The van der Waals surface area contributed by atoms with Crippen LogP contribution in [-0.2, 0) is 28.3 Å². The standard InChI is InChI=1S/C30H32Cl2N2O2S/c31-25-13-8-11-23(17-25)19-34(29(35)21-37-20-24-12-4-7-16-27(24)32)28(18-22-9-2-1-3-10-22)30(36)33-26-14-5-6-15-26/h1-4,7-13,16-17,26,28H,5-6,14-15,18-21H2,(H,33,36)/t28-/m1/s1. The van der Waals surface area contributed by atoms with Crippen molar-refractivity contribution in [3.63, 3.8) is 0 Å². The first kappa shape index (κ1) is 27.6. The largest absolute Gasteiger partial charge is 0.352 e. The molecule has 1 saturated carbocycles. The summed E-state index contributed by atoms with van der Waals surface area (Å²) in [6, 6.07) is 24.6. The van der Waals surface area contributed by atoms with Crippen LogP contribution in [0.25, 0.3) is 0 Å². The summed E-state index contributed by atoms with van der Waals surface area (Å²) in [5.41, 5.74) is 2.90. The lowest BCUT2D eigenvalue weighted by Gasteiger charge is -2.32. The molecule has 1 aliphatic carbocycles. The molecule has 0 aliphatic heterocycles. The lowest BCUT2D eigenvalue weighted by Crippen LogP contribution is -2.52. The highest BCUT2D eigenvalue weighted by Gasteiger charge is 2.32. The van der Waals surface area contributed by atoms with Crippen molar-refractivity contribution in [2.75, 3.05) is 5.75 Å². The summed E-state index contributed by atoms with van der Waals surface area (Å²) >= 11 is 14.1. The summed E-state index contributed by atoms with van der Waals surface area (Å²) in [6.45, 7) is 0.307. The van der Waals surface area contributed by atoms with Crippen molar-refractivity contribution in [3.8, 4) is 0 Å². The maximum absolute atomic E-state index is 13.7. The zero-order valence-corrected chi connectivity index (χ0v) is 23.1. The van der Waals surface area contributed by atoms with E-state index in [0.717, 1.165) is 42.4 Å². The number of rotatable bonds is 11. The second kappa shape index (κ2) is 13.9. The molecular weight excluding hydrogens is 523 g/mol. The van der Waals surface area contributed by atoms with Crippen molar-refractivity contribution in [2.24, 2.45) is 0 Å². The number of thioether (sulfide) groups is 1. The maximum atomic E-state index is 13.7. The number of hydrogen-bond acceptors (Lipinski definition) is 3. The first-order valence-corrected chi connectivity index (χ1v) is 14.6. The summed E-state index contributed by atoms with van der Waals surface area (Å²) < 4.78 is 0. The molecule has 194 valence electrons. The minimum Gasteiger partial charge on any atom is -0.352 e. The summed E-state index contributed by atoms with van der Waals surface area (Å²) in [5.74, 6) is 0.684. The Bertz CT molecular complexity index is 1180. The second-order valence-electron chi connectivity index (χ2n) is 9.43. The van der Waals surface area contributed by atoms with Gasteiger partial charge in [0.2, 0.25) is 11.8 Å². The molecule has 0 heterocycles. The van der Waals surface area contributed by atoms with Crippen molar-refractivity contribution in [1.82, 2.24) is 10.2 Å². The smallest absolute Gasteiger partial charge is 0.243 e. The molecule has 0 saturated heterocycles. The Morgan fingerprint density at radius 3 is 2.35 bits per heavy atom. The van der Waals surface area contributed by atoms with Crippen LogP contribution in [-0.4, -0.2) is 34.6 Å². The molecule has 1 aliphatic rings. The van der Waals surface area contributed by atoms with E-state index < -0.39 is 6.04 Å². The van der Waals surface area contributed by atoms with Crippen LogP contribution in [0.4, 0.5) is 0 Å². The number of hydrogen-bond donors (Lipinski definition) is 1. The number of amides is 2. The molecule has 0 unspecified atom stereocenters. The monoisotopic (exact) mass is 554 g/mol. The predicted octanol–water partition coefficient (Wildman–Crippen LogP) is 6.93. The number of carbonyl (C=O) groups is 2. The molecule has 1 atom stereocenters. The average Bonchev–Trinajstić information content (AvgIpc) is 3.41. The highest BCUT2D eigenvalue weighted by Crippen LogP contribution is 2.24. The molecule has 0 radical (unpaired) electrons. The van der Waals surface area contributed by atoms with Crippen LogP contribution in [0, 0.1) is 0 Å². The maximum Gasteiger partial charge on any atom is 0.243 e. The van der Waals surface area contributed by atoms with Crippen LogP contribution in [0.15, 0.2) is 78.9 Å². The Kier molecular flexibility index (Phi) is 10.4. The second-order valence-corrected chi connectivity index (χ2v) is 11.3. The third kappa shape index (κ3) is 8.26. The van der Waals surface area contributed by atoms with Crippen molar-refractivity contribution in [3.05, 3.63) is 106 Å². The molecule has 3 aromatic rings. The van der Waals surface area contributed by atoms with Gasteiger partial charge in [0.25, 0.3) is 0 Å². The third-order valence-corrected chi connectivity index (χ3v) is 8.23. The SMILES string of the molecule is O=C(NC1CCCC1)[C@@H](Cc1ccccc1)N(Cc1cccc(Cl)c1)C(=O)CSCc1ccccc1Cl. The summed E-state index contributed by atoms with van der Waals surface area (Å²) in [5, 5.41) is 4.53. The van der Waals surface area contributed by atoms with Crippen molar-refractivity contribution in [1.29, 1.82) is 0 Å². The van der Waals surface area contributed by atoms with Crippen LogP contribution in [0.1, 0.15) is 42.4 Å². The van der Waals surface area contributed by atoms with Gasteiger partial charge >= 0.3 is 0 Å². The van der Waals surface area contributed by atoms with E-state index in [0.29, 0.717) is 28.8 Å². The van der Waals surface area contributed by atoms with Gasteiger partial charge in [-0.3, -0.25) is 9.59 Å². The van der Waals surface area contributed by atoms with E-state index in [-0.39, 0.29) is 23.6 Å². The highest BCUT2D eigenvalue weighted by atomic mass is 35.5. The van der Waals surface area contributed by atoms with Crippen LogP contribution in [0.5, 0.6) is 0 Å². The lowest BCUT2D eigenvalue weighted by atomic mass is 10.0. The van der Waals surface area contributed by atoms with Crippen LogP contribution >= 0.6 is 35.0 Å². The molecule has 4 nitrogen and oxygen atoms in total. The molecular formula is C30H32Cl2N2O2S. The zero-order chi connectivity index (χ0) is 26.0. The zero-order valence-electron chi connectivity index (χ0n) is 20.7. The average molecular weight is 556 g/mol. The van der Waals surface area contributed by atoms with E-state index in [1.54, 1.807) is 4.90 Å². The van der Waals surface area contributed by atoms with E-state index in [1.807, 2.05) is 78.9 Å². The van der Waals surface area contributed by atoms with Gasteiger partial charge in [0, 0.05) is 34.8 Å². The molecule has 0 aromatic heterocycles. The van der Waals surface area contributed by atoms with Crippen molar-refractivity contribution < 1.29 is 9.59 Å². The Hall–Kier alpha value is -2.47. The van der Waals surface area contributed by atoms with Gasteiger partial charge in [-0.1, -0.05) is 96.7 Å². The van der Waals surface area contributed by atoms with Gasteiger partial charge in [-0.15, -0.1) is 11.8 Å². The summed E-state index contributed by atoms with van der Waals surface area (Å²) in [7, 11) is 0. The Labute approximate surface area is 233 Å². The normalized spacial score (nSPS) is 14.3. The minimum absolute atomic E-state index is 0.0838. The van der Waals surface area contributed by atoms with E-state index >= 15 is 0 Å². The van der Waals surface area contributed by atoms with Gasteiger partial charge in [0.05, 0.1) is 5.75 Å². The number of carbonyl (C=O) groups excluding carboxylic acids is 2. The quantitative estimate of drug-likeness (QED) is 0.279. The van der Waals surface area contributed by atoms with E-state index in [9.17, 15) is 9.59 Å². The lowest BCUT2D eigenvalue weighted by molar-refractivity contribution is -0.139. The van der Waals surface area contributed by atoms with Gasteiger partial charge < -0.3 is 10.2 Å². The molecule has 37 heavy (non-hydrogen) atoms. The first-order valence-electron chi connectivity index (χ1n) is 12.7. The van der Waals surface area contributed by atoms with Crippen LogP contribution in [0.2, 0.25) is 10.0 Å². The molecule has 7 heteroatoms. The molecule has 3 aromatic carbocycles. The van der Waals surface area contributed by atoms with Gasteiger partial charge in [-0.25, -0.2) is 0 Å². The molecule has 4 rings (SSSR count). The minimum atomic E-state index is -0.629. The van der Waals surface area contributed by atoms with Gasteiger partial charge in [-0.2, -0.15) is 0 Å². The third-order valence-electron chi connectivity index (χ3n) is 6.66. The topological polar surface area (TPSA) is 49.4 Å². The Morgan fingerprint density at radius 2 is 1.62 bits per heavy atom. The van der Waals surface area contributed by atoms with Crippen molar-refractivity contribution >= 4 is 46.8 Å². The summed E-state index contributed by atoms with van der Waals surface area (Å²) in [4.78, 5) is 29.2. The van der Waals surface area contributed by atoms with Gasteiger partial charge in [-0.05, 0) is 47.7 Å². The number of nitrogens with zero attached hydrogens (tertiary/aromatic N) is 1. The highest BCUT2D eigenvalue weighted by molar-refractivity contribution is 7.99. The predicted molar refractivity (Wildman–Crippen MR) is 154 cm³/mol. The van der Waals surface area contributed by atoms with Crippen molar-refractivity contribution in [2.45, 2.75) is 56.5 Å². The van der Waals surface area contributed by atoms with Gasteiger partial charge in [0.1, 0.15) is 6.04 Å². The fourth-order valence-corrected chi connectivity index (χ4v) is 6.11. The molecule has 0 spiro atoms. The van der Waals surface area contributed by atoms with Gasteiger partial charge in [0.15, 0.2) is 0 Å². The van der Waals surface area contributed by atoms with Crippen LogP contribution in [0.3, 0.4) is 0 Å². The molecule has 1 N–H and O–H groups in total. The Morgan fingerprint density at radius 1 is 0.919 bits per heavy atom. The van der Waals surface area contributed by atoms with E-state index in [1.165, 1.54) is 11.8 Å².